The van der Waals surface area contributed by atoms with Crippen LogP contribution < -0.4 is 5.32 Å². The fourth-order valence-electron chi connectivity index (χ4n) is 2.21. The normalized spacial score (nSPS) is 20.0. The molecular formula is C16H22ClF4N3O2. The molecule has 0 amide bonds. The molecule has 1 atom stereocenters. The van der Waals surface area contributed by atoms with Crippen molar-refractivity contribution in [3.8, 4) is 0 Å². The predicted octanol–water partition coefficient (Wildman–Crippen LogP) is 3.83. The first-order chi connectivity index (χ1) is 12.2. The molecule has 1 N–H and O–H groups in total. The number of hydrogen-bond acceptors (Lipinski definition) is 5. The van der Waals surface area contributed by atoms with Gasteiger partial charge >= 0.3 is 12.1 Å². The summed E-state index contributed by atoms with van der Waals surface area (Å²) in [6, 6.07) is -1.02. The van der Waals surface area contributed by atoms with Gasteiger partial charge in [-0.25, -0.2) is 9.80 Å². The summed E-state index contributed by atoms with van der Waals surface area (Å²) in [4.78, 5) is 14.5. The van der Waals surface area contributed by atoms with Gasteiger partial charge in [0.1, 0.15) is 5.70 Å². The number of hydrogen-bond donors (Lipinski definition) is 1. The second kappa shape index (κ2) is 10.2. The van der Waals surface area contributed by atoms with E-state index in [-0.39, 0.29) is 11.6 Å². The van der Waals surface area contributed by atoms with Crippen molar-refractivity contribution in [3.05, 3.63) is 47.3 Å². The molecule has 1 unspecified atom stereocenters. The van der Waals surface area contributed by atoms with E-state index >= 15 is 0 Å². The minimum Gasteiger partial charge on any atom is -0.377 e. The van der Waals surface area contributed by atoms with Crippen molar-refractivity contribution in [1.82, 2.24) is 15.3 Å². The highest BCUT2D eigenvalue weighted by Crippen LogP contribution is 2.34. The number of halogens is 5. The monoisotopic (exact) mass is 399 g/mol. The first-order valence-electron chi connectivity index (χ1n) is 7.59. The first kappa shape index (κ1) is 24.0. The van der Waals surface area contributed by atoms with Gasteiger partial charge in [0.2, 0.25) is 0 Å². The lowest BCUT2D eigenvalue weighted by atomic mass is 10.1. The number of carbonyl (C=O) groups excluding carboxylic acids is 1. The molecular weight excluding hydrogens is 378 g/mol. The van der Waals surface area contributed by atoms with Crippen molar-refractivity contribution in [1.29, 1.82) is 0 Å². The van der Waals surface area contributed by atoms with E-state index < -0.39 is 23.9 Å². The maximum atomic E-state index is 12.6. The van der Waals surface area contributed by atoms with Gasteiger partial charge in [-0.15, -0.1) is 13.2 Å². The third-order valence-electron chi connectivity index (χ3n) is 3.49. The lowest BCUT2D eigenvalue weighted by molar-refractivity contribution is -0.190. The Morgan fingerprint density at radius 1 is 1.35 bits per heavy atom. The summed E-state index contributed by atoms with van der Waals surface area (Å²) in [5, 5.41) is 4.97. The van der Waals surface area contributed by atoms with E-state index in [0.717, 1.165) is 6.08 Å². The van der Waals surface area contributed by atoms with Gasteiger partial charge in [0.25, 0.3) is 0 Å². The molecule has 0 radical (unpaired) electrons. The summed E-state index contributed by atoms with van der Waals surface area (Å²) in [5.41, 5.74) is -0.193. The van der Waals surface area contributed by atoms with E-state index in [0.29, 0.717) is 11.3 Å². The van der Waals surface area contributed by atoms with Crippen LogP contribution in [0.2, 0.25) is 0 Å². The molecule has 0 spiro atoms. The number of dihydropyridines is 1. The molecule has 2 rings (SSSR count). The van der Waals surface area contributed by atoms with E-state index in [1.165, 1.54) is 23.1 Å². The Morgan fingerprint density at radius 2 is 1.88 bits per heavy atom. The Hall–Kier alpha value is -2.00. The van der Waals surface area contributed by atoms with Crippen LogP contribution in [0.25, 0.3) is 0 Å². The molecule has 2 heterocycles. The van der Waals surface area contributed by atoms with E-state index in [9.17, 15) is 22.5 Å². The summed E-state index contributed by atoms with van der Waals surface area (Å²) in [6.45, 7) is 9.82. The van der Waals surface area contributed by atoms with Crippen molar-refractivity contribution in [2.24, 2.45) is 0 Å². The number of rotatable bonds is 2. The maximum absolute atomic E-state index is 12.6. The van der Waals surface area contributed by atoms with Crippen LogP contribution in [-0.4, -0.2) is 48.8 Å². The molecule has 0 aliphatic carbocycles. The molecule has 0 saturated carbocycles. The number of hydrazine groups is 1. The van der Waals surface area contributed by atoms with Crippen LogP contribution in [0.1, 0.15) is 13.8 Å². The molecule has 0 aromatic rings. The fourth-order valence-corrected chi connectivity index (χ4v) is 2.48. The number of likely N-dealkylation sites (N-methyl/N-ethyl adjacent to an activating group) is 2. The third kappa shape index (κ3) is 5.25. The second-order valence-electron chi connectivity index (χ2n) is 4.73. The van der Waals surface area contributed by atoms with Crippen LogP contribution in [0.15, 0.2) is 47.3 Å². The lowest BCUT2D eigenvalue weighted by Gasteiger charge is -2.30. The Labute approximate surface area is 155 Å². The predicted molar refractivity (Wildman–Crippen MR) is 92.2 cm³/mol. The van der Waals surface area contributed by atoms with Gasteiger partial charge in [-0.1, -0.05) is 25.4 Å². The highest BCUT2D eigenvalue weighted by Gasteiger charge is 2.39. The smallest absolute Gasteiger partial charge is 0.377 e. The number of allylic oxidation sites excluding steroid dienone is 3. The van der Waals surface area contributed by atoms with Gasteiger partial charge in [0.15, 0.2) is 6.04 Å². The molecule has 0 fully saturated rings. The zero-order valence-corrected chi connectivity index (χ0v) is 15.7. The number of alkyl halides is 3. The van der Waals surface area contributed by atoms with Gasteiger partial charge in [-0.2, -0.15) is 13.2 Å². The average molecular weight is 400 g/mol. The molecule has 10 heteroatoms. The number of nitrogens with one attached hydrogen (secondary N) is 1. The van der Waals surface area contributed by atoms with Crippen molar-refractivity contribution < 1.29 is 27.4 Å². The van der Waals surface area contributed by atoms with Crippen LogP contribution in [-0.2, 0) is 9.74 Å². The van der Waals surface area contributed by atoms with Crippen molar-refractivity contribution in [2.75, 3.05) is 20.6 Å². The van der Waals surface area contributed by atoms with Crippen molar-refractivity contribution in [2.45, 2.75) is 26.1 Å². The Balaban J connectivity index is 0.00000146. The molecule has 0 bridgehead atoms. The lowest BCUT2D eigenvalue weighted by Crippen LogP contribution is -2.41. The fraction of sp³-hybridized carbons (Fsp3) is 0.438. The largest absolute Gasteiger partial charge is 0.430 e. The van der Waals surface area contributed by atoms with E-state index in [2.05, 4.69) is 23.4 Å². The molecule has 148 valence electrons. The quantitative estimate of drug-likeness (QED) is 0.565. The Bertz CT molecular complexity index is 603. The first-order valence-corrected chi connectivity index (χ1v) is 7.97. The summed E-state index contributed by atoms with van der Waals surface area (Å²) < 4.78 is 49.9. The Kier molecular flexibility index (Phi) is 9.44. The third-order valence-corrected chi connectivity index (χ3v) is 3.82. The summed E-state index contributed by atoms with van der Waals surface area (Å²) in [7, 11) is 3.07. The van der Waals surface area contributed by atoms with Crippen LogP contribution in [0, 0.1) is 0 Å². The minimum absolute atomic E-state index is 0.105. The molecule has 2 aliphatic rings. The van der Waals surface area contributed by atoms with E-state index in [1.807, 2.05) is 13.8 Å². The summed E-state index contributed by atoms with van der Waals surface area (Å²) in [6.07, 6.45) is -2.39. The van der Waals surface area contributed by atoms with Gasteiger partial charge in [-0.05, 0) is 12.2 Å². The van der Waals surface area contributed by atoms with E-state index in [1.54, 1.807) is 7.05 Å². The van der Waals surface area contributed by atoms with Crippen LogP contribution in [0.5, 0.6) is 0 Å². The standard InChI is InChI=1S/C12H12ClF4N3O2.C2H6.C2H4/c1-19-8(4-9(20(19)2)11(21)22-17)6-5-18-10(3-7(6)13)12(14,15)16;2*1-2/h3-4,9,18H,5H2,1-2H3;1-2H3;1-2H2. The second-order valence-corrected chi connectivity index (χ2v) is 5.13. The van der Waals surface area contributed by atoms with Crippen molar-refractivity contribution in [3.63, 3.8) is 0 Å². The van der Waals surface area contributed by atoms with Crippen LogP contribution in [0.4, 0.5) is 17.7 Å². The summed E-state index contributed by atoms with van der Waals surface area (Å²) in [5.74, 6) is -1.13. The average Bonchev–Trinajstić information content (AvgIpc) is 2.92. The zero-order chi connectivity index (χ0) is 20.7. The highest BCUT2D eigenvalue weighted by molar-refractivity contribution is 6.32. The molecule has 0 aromatic heterocycles. The van der Waals surface area contributed by atoms with Crippen LogP contribution >= 0.6 is 11.6 Å². The maximum Gasteiger partial charge on any atom is 0.430 e. The van der Waals surface area contributed by atoms with Crippen molar-refractivity contribution >= 4 is 17.6 Å². The van der Waals surface area contributed by atoms with Gasteiger partial charge < -0.3 is 10.3 Å². The van der Waals surface area contributed by atoms with E-state index in [4.69, 9.17) is 11.6 Å². The highest BCUT2D eigenvalue weighted by atomic mass is 35.5. The molecule has 0 aromatic carbocycles. The zero-order valence-electron chi connectivity index (χ0n) is 15.0. The number of carbonyl (C=O) groups is 1. The minimum atomic E-state index is -4.53. The molecule has 2 aliphatic heterocycles. The molecule has 0 saturated heterocycles. The van der Waals surface area contributed by atoms with Gasteiger partial charge in [0, 0.05) is 35.8 Å². The number of nitrogens with zero attached hydrogens (tertiary/aromatic N) is 2. The SMILES string of the molecule is C=C.CC.CN1C(C2=C(Cl)C=C(C(F)(F)F)NC2)=CC(C(=O)OF)N1C. The van der Waals surface area contributed by atoms with Gasteiger partial charge in [0.05, 0.1) is 5.70 Å². The topological polar surface area (TPSA) is 44.8 Å². The molecule has 5 nitrogen and oxygen atoms in total. The Morgan fingerprint density at radius 3 is 2.31 bits per heavy atom. The van der Waals surface area contributed by atoms with Crippen LogP contribution in [0.3, 0.4) is 0 Å². The van der Waals surface area contributed by atoms with Gasteiger partial charge in [-0.3, -0.25) is 4.94 Å². The molecule has 26 heavy (non-hydrogen) atoms. The summed E-state index contributed by atoms with van der Waals surface area (Å²) >= 11 is 5.92.